The lowest BCUT2D eigenvalue weighted by atomic mass is 9.88. The molecule has 2 N–H and O–H groups in total. The Kier molecular flexibility index (Phi) is 5.89. The molecule has 102 valence electrons. The normalized spacial score (nSPS) is 27.9. The first-order valence-corrected chi connectivity index (χ1v) is 8.22. The minimum Gasteiger partial charge on any atom is -0.316 e. The second-order valence-electron chi connectivity index (χ2n) is 5.25. The van der Waals surface area contributed by atoms with Crippen LogP contribution in [0.15, 0.2) is 0 Å². The molecule has 1 rings (SSSR count). The SMILES string of the molecule is CCNCC(C)S(=O)(=O)NC1CCCC(C)C1. The summed E-state index contributed by atoms with van der Waals surface area (Å²) in [5.41, 5.74) is 0. The summed E-state index contributed by atoms with van der Waals surface area (Å²) in [5.74, 6) is 0.639. The summed E-state index contributed by atoms with van der Waals surface area (Å²) in [5, 5.41) is 2.72. The van der Waals surface area contributed by atoms with E-state index in [1.54, 1.807) is 6.92 Å². The minimum absolute atomic E-state index is 0.146. The highest BCUT2D eigenvalue weighted by atomic mass is 32.2. The summed E-state index contributed by atoms with van der Waals surface area (Å²) in [7, 11) is -3.17. The predicted octanol–water partition coefficient (Wildman–Crippen LogP) is 1.48. The van der Waals surface area contributed by atoms with Crippen LogP contribution in [0.3, 0.4) is 0 Å². The summed E-state index contributed by atoms with van der Waals surface area (Å²) in [6, 6.07) is 0.146. The van der Waals surface area contributed by atoms with Gasteiger partial charge in [-0.15, -0.1) is 0 Å². The molecule has 0 bridgehead atoms. The van der Waals surface area contributed by atoms with Gasteiger partial charge in [0.05, 0.1) is 5.25 Å². The van der Waals surface area contributed by atoms with Crippen LogP contribution in [-0.2, 0) is 10.0 Å². The van der Waals surface area contributed by atoms with Crippen molar-refractivity contribution >= 4 is 10.0 Å². The molecule has 5 heteroatoms. The fourth-order valence-electron chi connectivity index (χ4n) is 2.35. The molecule has 0 aromatic rings. The monoisotopic (exact) mass is 262 g/mol. The Morgan fingerprint density at radius 1 is 1.35 bits per heavy atom. The van der Waals surface area contributed by atoms with Crippen molar-refractivity contribution in [2.45, 2.75) is 57.7 Å². The lowest BCUT2D eigenvalue weighted by Crippen LogP contribution is -2.45. The van der Waals surface area contributed by atoms with Crippen LogP contribution in [0.4, 0.5) is 0 Å². The van der Waals surface area contributed by atoms with Crippen molar-refractivity contribution in [3.63, 3.8) is 0 Å². The lowest BCUT2D eigenvalue weighted by molar-refractivity contribution is 0.326. The molecular weight excluding hydrogens is 236 g/mol. The molecule has 0 aliphatic heterocycles. The van der Waals surface area contributed by atoms with Gasteiger partial charge in [-0.1, -0.05) is 26.7 Å². The molecule has 1 saturated carbocycles. The number of sulfonamides is 1. The molecule has 1 fully saturated rings. The number of hydrogen-bond acceptors (Lipinski definition) is 3. The van der Waals surface area contributed by atoms with Crippen LogP contribution in [0.25, 0.3) is 0 Å². The van der Waals surface area contributed by atoms with Gasteiger partial charge in [0.25, 0.3) is 0 Å². The van der Waals surface area contributed by atoms with E-state index in [1.165, 1.54) is 6.42 Å². The summed E-state index contributed by atoms with van der Waals surface area (Å²) >= 11 is 0. The highest BCUT2D eigenvalue weighted by molar-refractivity contribution is 7.90. The van der Waals surface area contributed by atoms with Crippen LogP contribution in [0.1, 0.15) is 46.5 Å². The molecule has 0 radical (unpaired) electrons. The molecule has 3 unspecified atom stereocenters. The van der Waals surface area contributed by atoms with Crippen LogP contribution in [0.2, 0.25) is 0 Å². The topological polar surface area (TPSA) is 58.2 Å². The molecule has 0 aromatic carbocycles. The van der Waals surface area contributed by atoms with Gasteiger partial charge < -0.3 is 5.32 Å². The van der Waals surface area contributed by atoms with E-state index in [0.717, 1.165) is 25.8 Å². The summed E-state index contributed by atoms with van der Waals surface area (Å²) < 4.78 is 27.0. The van der Waals surface area contributed by atoms with Crippen LogP contribution >= 0.6 is 0 Å². The van der Waals surface area contributed by atoms with Gasteiger partial charge in [-0.05, 0) is 32.2 Å². The van der Waals surface area contributed by atoms with Crippen molar-refractivity contribution in [1.82, 2.24) is 10.0 Å². The lowest BCUT2D eigenvalue weighted by Gasteiger charge is -2.28. The molecule has 0 amide bonds. The predicted molar refractivity (Wildman–Crippen MR) is 71.5 cm³/mol. The number of rotatable bonds is 6. The van der Waals surface area contributed by atoms with E-state index in [9.17, 15) is 8.42 Å². The summed E-state index contributed by atoms with van der Waals surface area (Å²) in [4.78, 5) is 0. The third kappa shape index (κ3) is 4.94. The molecule has 1 aliphatic carbocycles. The van der Waals surface area contributed by atoms with Gasteiger partial charge in [0.2, 0.25) is 10.0 Å². The maximum atomic E-state index is 12.1. The first-order chi connectivity index (χ1) is 7.95. The van der Waals surface area contributed by atoms with E-state index in [2.05, 4.69) is 17.0 Å². The molecule has 3 atom stereocenters. The van der Waals surface area contributed by atoms with Gasteiger partial charge in [-0.2, -0.15) is 0 Å². The first kappa shape index (κ1) is 14.9. The molecule has 17 heavy (non-hydrogen) atoms. The highest BCUT2D eigenvalue weighted by Gasteiger charge is 2.26. The first-order valence-electron chi connectivity index (χ1n) is 6.67. The second-order valence-corrected chi connectivity index (χ2v) is 7.38. The van der Waals surface area contributed by atoms with Crippen molar-refractivity contribution in [3.8, 4) is 0 Å². The van der Waals surface area contributed by atoms with Crippen molar-refractivity contribution in [1.29, 1.82) is 0 Å². The van der Waals surface area contributed by atoms with E-state index >= 15 is 0 Å². The second kappa shape index (κ2) is 6.71. The van der Waals surface area contributed by atoms with Crippen molar-refractivity contribution in [2.24, 2.45) is 5.92 Å². The number of hydrogen-bond donors (Lipinski definition) is 2. The molecule has 4 nitrogen and oxygen atoms in total. The highest BCUT2D eigenvalue weighted by Crippen LogP contribution is 2.24. The quantitative estimate of drug-likeness (QED) is 0.762. The zero-order chi connectivity index (χ0) is 12.9. The van der Waals surface area contributed by atoms with E-state index in [0.29, 0.717) is 12.5 Å². The summed E-state index contributed by atoms with van der Waals surface area (Å²) in [6.45, 7) is 7.27. The Hall–Kier alpha value is -0.130. The van der Waals surface area contributed by atoms with Gasteiger partial charge >= 0.3 is 0 Å². The fourth-order valence-corrected chi connectivity index (χ4v) is 3.60. The average molecular weight is 262 g/mol. The van der Waals surface area contributed by atoms with E-state index in [1.807, 2.05) is 6.92 Å². The van der Waals surface area contributed by atoms with E-state index in [-0.39, 0.29) is 11.3 Å². The molecule has 0 saturated heterocycles. The zero-order valence-corrected chi connectivity index (χ0v) is 12.0. The molecule has 1 aliphatic rings. The number of nitrogens with one attached hydrogen (secondary N) is 2. The van der Waals surface area contributed by atoms with Gasteiger partial charge in [0.15, 0.2) is 0 Å². The van der Waals surface area contributed by atoms with E-state index < -0.39 is 10.0 Å². The van der Waals surface area contributed by atoms with Crippen molar-refractivity contribution < 1.29 is 8.42 Å². The van der Waals surface area contributed by atoms with Gasteiger partial charge in [0, 0.05) is 12.6 Å². The molecule has 0 heterocycles. The molecule has 0 aromatic heterocycles. The Labute approximate surface area is 106 Å². The Morgan fingerprint density at radius 2 is 2.06 bits per heavy atom. The molecular formula is C12H26N2O2S. The van der Waals surface area contributed by atoms with Gasteiger partial charge in [-0.3, -0.25) is 0 Å². The van der Waals surface area contributed by atoms with Crippen LogP contribution in [-0.4, -0.2) is 32.8 Å². The smallest absolute Gasteiger partial charge is 0.215 e. The largest absolute Gasteiger partial charge is 0.316 e. The Bertz CT molecular complexity index is 316. The third-order valence-corrected chi connectivity index (χ3v) is 5.37. The minimum atomic E-state index is -3.17. The van der Waals surface area contributed by atoms with Crippen molar-refractivity contribution in [3.05, 3.63) is 0 Å². The van der Waals surface area contributed by atoms with Crippen LogP contribution < -0.4 is 10.0 Å². The van der Waals surface area contributed by atoms with Crippen molar-refractivity contribution in [2.75, 3.05) is 13.1 Å². The van der Waals surface area contributed by atoms with Gasteiger partial charge in [0.1, 0.15) is 0 Å². The van der Waals surface area contributed by atoms with E-state index in [4.69, 9.17) is 0 Å². The Balaban J connectivity index is 2.47. The summed E-state index contributed by atoms with van der Waals surface area (Å²) in [6.07, 6.45) is 4.33. The van der Waals surface area contributed by atoms with Crippen LogP contribution in [0.5, 0.6) is 0 Å². The maximum absolute atomic E-state index is 12.1. The fraction of sp³-hybridized carbons (Fsp3) is 1.00. The maximum Gasteiger partial charge on any atom is 0.215 e. The average Bonchev–Trinajstić information content (AvgIpc) is 2.25. The van der Waals surface area contributed by atoms with Crippen LogP contribution in [0, 0.1) is 5.92 Å². The standard InChI is InChI=1S/C12H26N2O2S/c1-4-13-9-11(3)17(15,16)14-12-7-5-6-10(2)8-12/h10-14H,4-9H2,1-3H3. The molecule has 0 spiro atoms. The Morgan fingerprint density at radius 3 is 2.65 bits per heavy atom. The zero-order valence-electron chi connectivity index (χ0n) is 11.2. The third-order valence-electron chi connectivity index (χ3n) is 3.48. The van der Waals surface area contributed by atoms with Gasteiger partial charge in [-0.25, -0.2) is 13.1 Å².